The maximum Gasteiger partial charge on any atom is 0.501 e. The van der Waals surface area contributed by atoms with Crippen LogP contribution in [-0.2, 0) is 31.1 Å². The molecule has 0 aliphatic carbocycles. The molecule has 0 bridgehead atoms. The number of ether oxygens (including phenoxy) is 2. The van der Waals surface area contributed by atoms with Crippen molar-refractivity contribution >= 4 is 48.7 Å². The highest BCUT2D eigenvalue weighted by Crippen LogP contribution is 2.37. The Morgan fingerprint density at radius 1 is 0.817 bits per heavy atom. The number of piperazine rings is 1. The maximum absolute atomic E-state index is 13.8. The van der Waals surface area contributed by atoms with Crippen LogP contribution in [0.5, 0.6) is 11.5 Å². The number of hydrogen-bond donors (Lipinski definition) is 2. The van der Waals surface area contributed by atoms with E-state index in [9.17, 15) is 34.8 Å². The second-order valence-electron chi connectivity index (χ2n) is 14.5. The van der Waals surface area contributed by atoms with Crippen LogP contribution in [0.25, 0.3) is 11.1 Å². The van der Waals surface area contributed by atoms with Crippen LogP contribution >= 0.6 is 11.6 Å². The average molecular weight is 883 g/mol. The molecule has 0 unspecified atom stereocenters. The molecular weight excluding hydrogens is 841 g/mol. The highest BCUT2D eigenvalue weighted by Gasteiger charge is 2.48. The normalized spacial score (nSPS) is 15.7. The number of nitrogens with zero attached hydrogens (tertiary/aromatic N) is 2. The van der Waals surface area contributed by atoms with Gasteiger partial charge in [0.25, 0.3) is 25.8 Å². The van der Waals surface area contributed by atoms with Crippen LogP contribution in [0.2, 0.25) is 5.02 Å². The Labute approximate surface area is 352 Å². The first-order chi connectivity index (χ1) is 28.7. The highest BCUT2D eigenvalue weighted by atomic mass is 35.5. The van der Waals surface area contributed by atoms with Crippen molar-refractivity contribution in [2.24, 2.45) is 5.92 Å². The number of anilines is 2. The summed E-state index contributed by atoms with van der Waals surface area (Å²) in [7, 11) is -10.9. The molecule has 0 spiro atoms. The minimum atomic E-state index is -5.99. The van der Waals surface area contributed by atoms with E-state index in [0.717, 1.165) is 56.1 Å². The maximum atomic E-state index is 13.8. The summed E-state index contributed by atoms with van der Waals surface area (Å²) in [4.78, 5) is 16.0. The van der Waals surface area contributed by atoms with Gasteiger partial charge < -0.3 is 19.7 Å². The topological polar surface area (TPSA) is 134 Å². The highest BCUT2D eigenvalue weighted by molar-refractivity contribution is 7.92. The number of halogens is 4. The van der Waals surface area contributed by atoms with Crippen molar-refractivity contribution in [3.63, 3.8) is 0 Å². The number of sulfonamides is 1. The van der Waals surface area contributed by atoms with Gasteiger partial charge in [0.15, 0.2) is 0 Å². The summed E-state index contributed by atoms with van der Waals surface area (Å²) in [6, 6.07) is 31.6. The molecule has 2 N–H and O–H groups in total. The molecule has 2 aliphatic heterocycles. The number of carbonyl (C=O) groups is 1. The second-order valence-corrected chi connectivity index (χ2v) is 18.5. The van der Waals surface area contributed by atoms with Crippen LogP contribution in [-0.4, -0.2) is 79.1 Å². The van der Waals surface area contributed by atoms with Crippen molar-refractivity contribution < 1.29 is 44.3 Å². The molecule has 2 aliphatic rings. The largest absolute Gasteiger partial charge is 0.501 e. The molecule has 17 heteroatoms. The van der Waals surface area contributed by atoms with Gasteiger partial charge in [0.1, 0.15) is 16.4 Å². The third kappa shape index (κ3) is 10.1. The lowest BCUT2D eigenvalue weighted by Crippen LogP contribution is -2.46. The SMILES string of the molecule is O=C(NS(=O)(=O)c1ccc(NCC2CCOCC2)c(S(=O)(=O)C(F)(F)F)c1)c1ccccc1Oc1ccc(N2CCN(Cc3ccccc3-c3ccc(Cl)cc3)CC2)cc1. The Balaban J connectivity index is 0.994. The number of benzene rings is 5. The van der Waals surface area contributed by atoms with E-state index >= 15 is 0 Å². The molecule has 5 aromatic carbocycles. The third-order valence-electron chi connectivity index (χ3n) is 10.5. The fourth-order valence-electron chi connectivity index (χ4n) is 7.17. The van der Waals surface area contributed by atoms with Gasteiger partial charge in [-0.05, 0) is 102 Å². The smallest absolute Gasteiger partial charge is 0.457 e. The Kier molecular flexibility index (Phi) is 13.1. The molecule has 2 heterocycles. The van der Waals surface area contributed by atoms with Gasteiger partial charge in [-0.25, -0.2) is 21.6 Å². The minimum Gasteiger partial charge on any atom is -0.457 e. The molecule has 0 aromatic heterocycles. The predicted octanol–water partition coefficient (Wildman–Crippen LogP) is 8.37. The number of sulfone groups is 1. The first-order valence-electron chi connectivity index (χ1n) is 19.2. The van der Waals surface area contributed by atoms with Crippen molar-refractivity contribution in [1.29, 1.82) is 0 Å². The Morgan fingerprint density at radius 3 is 2.18 bits per heavy atom. The fraction of sp³-hybridized carbons (Fsp3) is 0.279. The van der Waals surface area contributed by atoms with Crippen LogP contribution in [0, 0.1) is 5.92 Å². The van der Waals surface area contributed by atoms with Gasteiger partial charge in [-0.3, -0.25) is 9.69 Å². The van der Waals surface area contributed by atoms with Gasteiger partial charge in [-0.2, -0.15) is 13.2 Å². The summed E-state index contributed by atoms with van der Waals surface area (Å²) in [5.74, 6) is -0.757. The molecular formula is C43H42ClF3N4O7S2. The molecule has 0 atom stereocenters. The van der Waals surface area contributed by atoms with Crippen molar-refractivity contribution in [2.75, 3.05) is 56.2 Å². The second kappa shape index (κ2) is 18.2. The Bertz CT molecular complexity index is 2530. The molecule has 0 saturated carbocycles. The van der Waals surface area contributed by atoms with Crippen LogP contribution < -0.4 is 19.7 Å². The Hall–Kier alpha value is -5.13. The molecule has 0 radical (unpaired) electrons. The average Bonchev–Trinajstić information content (AvgIpc) is 3.24. The van der Waals surface area contributed by atoms with Gasteiger partial charge in [-0.15, -0.1) is 0 Å². The van der Waals surface area contributed by atoms with Crippen molar-refractivity contribution in [3.05, 3.63) is 131 Å². The van der Waals surface area contributed by atoms with Crippen molar-refractivity contribution in [1.82, 2.24) is 9.62 Å². The van der Waals surface area contributed by atoms with Crippen molar-refractivity contribution in [2.45, 2.75) is 34.7 Å². The number of hydrogen-bond acceptors (Lipinski definition) is 10. The van der Waals surface area contributed by atoms with E-state index in [1.165, 1.54) is 29.3 Å². The molecule has 1 amide bonds. The third-order valence-corrected chi connectivity index (χ3v) is 13.6. The van der Waals surface area contributed by atoms with Crippen LogP contribution in [0.15, 0.2) is 125 Å². The summed E-state index contributed by atoms with van der Waals surface area (Å²) in [5.41, 5.74) is -1.83. The van der Waals surface area contributed by atoms with Crippen LogP contribution in [0.4, 0.5) is 24.5 Å². The summed E-state index contributed by atoms with van der Waals surface area (Å²) in [5, 5.41) is 3.43. The van der Waals surface area contributed by atoms with Crippen molar-refractivity contribution in [3.8, 4) is 22.6 Å². The molecule has 2 saturated heterocycles. The predicted molar refractivity (Wildman–Crippen MR) is 224 cm³/mol. The van der Waals surface area contributed by atoms with E-state index in [2.05, 4.69) is 27.2 Å². The Morgan fingerprint density at radius 2 is 1.48 bits per heavy atom. The number of para-hydroxylation sites is 1. The zero-order valence-corrected chi connectivity index (χ0v) is 34.6. The summed E-state index contributed by atoms with van der Waals surface area (Å²) in [6.07, 6.45) is 1.23. The lowest BCUT2D eigenvalue weighted by atomic mass is 9.99. The monoisotopic (exact) mass is 882 g/mol. The van der Waals surface area contributed by atoms with E-state index in [1.54, 1.807) is 18.2 Å². The van der Waals surface area contributed by atoms with Crippen LogP contribution in [0.1, 0.15) is 28.8 Å². The van der Waals surface area contributed by atoms with Gasteiger partial charge in [0, 0.05) is 63.2 Å². The van der Waals surface area contributed by atoms with Gasteiger partial charge >= 0.3 is 5.51 Å². The van der Waals surface area contributed by atoms with E-state index in [1.807, 2.05) is 53.3 Å². The number of rotatable bonds is 13. The zero-order chi connectivity index (χ0) is 42.5. The first-order valence-corrected chi connectivity index (χ1v) is 22.5. The van der Waals surface area contributed by atoms with E-state index in [-0.39, 0.29) is 23.8 Å². The van der Waals surface area contributed by atoms with Gasteiger partial charge in [0.05, 0.1) is 16.1 Å². The fourth-order valence-corrected chi connectivity index (χ4v) is 9.33. The van der Waals surface area contributed by atoms with Crippen LogP contribution in [0.3, 0.4) is 0 Å². The quantitative estimate of drug-likeness (QED) is 0.119. The molecule has 5 aromatic rings. The van der Waals surface area contributed by atoms with E-state index in [4.69, 9.17) is 21.1 Å². The molecule has 7 rings (SSSR count). The van der Waals surface area contributed by atoms with E-state index < -0.39 is 46.8 Å². The lowest BCUT2D eigenvalue weighted by Gasteiger charge is -2.36. The lowest BCUT2D eigenvalue weighted by molar-refractivity contribution is -0.0435. The minimum absolute atomic E-state index is 0.00607. The standard InChI is InChI=1S/C43H42ClF3N4O7S2/c44-33-11-9-31(10-12-33)37-6-2-1-5-32(37)29-50-21-23-51(24-22-50)34-13-15-35(16-14-34)58-40-8-4-3-7-38(40)42(52)49-60(55,56)36-17-18-39(48-28-30-19-25-57-26-20-30)41(27-36)59(53,54)43(45,46)47/h1-18,27,30,48H,19-26,28-29H2,(H,49,52). The number of nitrogens with one attached hydrogen (secondary N) is 2. The first kappa shape index (κ1) is 43.0. The van der Waals surface area contributed by atoms with E-state index in [0.29, 0.717) is 42.9 Å². The number of alkyl halides is 3. The molecule has 11 nitrogen and oxygen atoms in total. The van der Waals surface area contributed by atoms with Gasteiger partial charge in [-0.1, -0.05) is 60.1 Å². The summed E-state index contributed by atoms with van der Waals surface area (Å²) in [6.45, 7) is 5.13. The molecule has 2 fully saturated rings. The number of amides is 1. The molecule has 316 valence electrons. The van der Waals surface area contributed by atoms with Gasteiger partial charge in [0.2, 0.25) is 0 Å². The number of carbonyl (C=O) groups excluding carboxylic acids is 1. The summed E-state index contributed by atoms with van der Waals surface area (Å²) < 4.78 is 107. The molecule has 60 heavy (non-hydrogen) atoms. The zero-order valence-electron chi connectivity index (χ0n) is 32.2. The summed E-state index contributed by atoms with van der Waals surface area (Å²) >= 11 is 6.11.